The molecule has 1 aromatic rings. The summed E-state index contributed by atoms with van der Waals surface area (Å²) < 4.78 is 0. The summed E-state index contributed by atoms with van der Waals surface area (Å²) in [6.07, 6.45) is 6.59. The second kappa shape index (κ2) is 6.66. The van der Waals surface area contributed by atoms with Crippen molar-refractivity contribution < 1.29 is 0 Å². The fourth-order valence-corrected chi connectivity index (χ4v) is 3.39. The summed E-state index contributed by atoms with van der Waals surface area (Å²) in [6.45, 7) is 8.39. The summed E-state index contributed by atoms with van der Waals surface area (Å²) in [5, 5.41) is 0. The summed E-state index contributed by atoms with van der Waals surface area (Å²) in [6, 6.07) is 4.99. The number of aromatic nitrogens is 1. The highest BCUT2D eigenvalue weighted by atomic mass is 15.3. The van der Waals surface area contributed by atoms with Crippen LogP contribution < -0.4 is 0 Å². The lowest BCUT2D eigenvalue weighted by molar-refractivity contribution is 0.105. The van der Waals surface area contributed by atoms with E-state index < -0.39 is 0 Å². The smallest absolute Gasteiger partial charge is 0.0312 e. The molecule has 4 heteroatoms. The maximum Gasteiger partial charge on any atom is 0.0312 e. The van der Waals surface area contributed by atoms with E-state index in [9.17, 15) is 0 Å². The van der Waals surface area contributed by atoms with Crippen LogP contribution in [0, 0.1) is 0 Å². The Morgan fingerprint density at radius 3 is 2.60 bits per heavy atom. The van der Waals surface area contributed by atoms with Crippen LogP contribution >= 0.6 is 0 Å². The minimum Gasteiger partial charge on any atom is -0.302 e. The van der Waals surface area contributed by atoms with Crippen LogP contribution in [0.25, 0.3) is 0 Å². The third kappa shape index (κ3) is 3.57. The van der Waals surface area contributed by atoms with Crippen molar-refractivity contribution in [1.29, 1.82) is 0 Å². The first-order valence-electron chi connectivity index (χ1n) is 7.85. The molecule has 2 aliphatic rings. The van der Waals surface area contributed by atoms with Gasteiger partial charge in [-0.05, 0) is 38.1 Å². The standard InChI is InChI=1S/C16H26N4/c1-18-7-3-5-16(18)14-20-10-8-19(9-11-20)13-15-4-2-6-17-12-15/h2,4,6,12,16H,3,5,7-11,13-14H2,1H3. The van der Waals surface area contributed by atoms with Crippen LogP contribution in [0.3, 0.4) is 0 Å². The SMILES string of the molecule is CN1CCCC1CN1CCN(Cc2cccnc2)CC1. The molecule has 0 aromatic carbocycles. The summed E-state index contributed by atoms with van der Waals surface area (Å²) in [5.74, 6) is 0. The van der Waals surface area contributed by atoms with Crippen LogP contribution in [-0.4, -0.2) is 72.0 Å². The van der Waals surface area contributed by atoms with E-state index in [0.717, 1.165) is 12.6 Å². The Kier molecular flexibility index (Phi) is 4.65. The van der Waals surface area contributed by atoms with Gasteiger partial charge in [0.1, 0.15) is 0 Å². The molecule has 20 heavy (non-hydrogen) atoms. The molecule has 3 rings (SSSR count). The number of pyridine rings is 1. The maximum absolute atomic E-state index is 4.20. The highest BCUT2D eigenvalue weighted by Crippen LogP contribution is 2.17. The first-order chi connectivity index (χ1) is 9.81. The third-order valence-electron chi connectivity index (χ3n) is 4.73. The Hall–Kier alpha value is -0.970. The van der Waals surface area contributed by atoms with E-state index in [-0.39, 0.29) is 0 Å². The molecule has 0 aliphatic carbocycles. The van der Waals surface area contributed by atoms with Gasteiger partial charge in [0.2, 0.25) is 0 Å². The summed E-state index contributed by atoms with van der Waals surface area (Å²) in [5.41, 5.74) is 1.33. The van der Waals surface area contributed by atoms with Gasteiger partial charge in [-0.1, -0.05) is 6.07 Å². The van der Waals surface area contributed by atoms with Gasteiger partial charge in [-0.25, -0.2) is 0 Å². The largest absolute Gasteiger partial charge is 0.302 e. The van der Waals surface area contributed by atoms with Crippen LogP contribution in [-0.2, 0) is 6.54 Å². The van der Waals surface area contributed by atoms with Crippen molar-refractivity contribution in [2.45, 2.75) is 25.4 Å². The maximum atomic E-state index is 4.20. The summed E-state index contributed by atoms with van der Waals surface area (Å²) in [7, 11) is 2.27. The third-order valence-corrected chi connectivity index (χ3v) is 4.73. The number of likely N-dealkylation sites (tertiary alicyclic amines) is 1. The quantitative estimate of drug-likeness (QED) is 0.825. The van der Waals surface area contributed by atoms with Gasteiger partial charge in [-0.3, -0.25) is 14.8 Å². The Morgan fingerprint density at radius 1 is 1.15 bits per heavy atom. The molecule has 2 aliphatic heterocycles. The fourth-order valence-electron chi connectivity index (χ4n) is 3.39. The molecular weight excluding hydrogens is 248 g/mol. The minimum absolute atomic E-state index is 0.792. The van der Waals surface area contributed by atoms with Crippen LogP contribution in [0.1, 0.15) is 18.4 Å². The van der Waals surface area contributed by atoms with Crippen molar-refractivity contribution >= 4 is 0 Å². The van der Waals surface area contributed by atoms with Crippen molar-refractivity contribution in [1.82, 2.24) is 19.7 Å². The number of likely N-dealkylation sites (N-methyl/N-ethyl adjacent to an activating group) is 1. The molecule has 0 saturated carbocycles. The van der Waals surface area contributed by atoms with Crippen molar-refractivity contribution in [3.8, 4) is 0 Å². The lowest BCUT2D eigenvalue weighted by atomic mass is 10.2. The number of hydrogen-bond acceptors (Lipinski definition) is 4. The van der Waals surface area contributed by atoms with E-state index in [4.69, 9.17) is 0 Å². The highest BCUT2D eigenvalue weighted by Gasteiger charge is 2.25. The van der Waals surface area contributed by atoms with Gasteiger partial charge >= 0.3 is 0 Å². The number of piperazine rings is 1. The van der Waals surface area contributed by atoms with E-state index in [0.29, 0.717) is 0 Å². The van der Waals surface area contributed by atoms with Gasteiger partial charge in [0.15, 0.2) is 0 Å². The number of nitrogens with zero attached hydrogens (tertiary/aromatic N) is 4. The van der Waals surface area contributed by atoms with Crippen molar-refractivity contribution in [2.24, 2.45) is 0 Å². The summed E-state index contributed by atoms with van der Waals surface area (Å²) >= 11 is 0. The molecule has 110 valence electrons. The molecule has 3 heterocycles. The summed E-state index contributed by atoms with van der Waals surface area (Å²) in [4.78, 5) is 11.9. The first kappa shape index (κ1) is 14.0. The van der Waals surface area contributed by atoms with Gasteiger partial charge in [-0.2, -0.15) is 0 Å². The van der Waals surface area contributed by atoms with E-state index >= 15 is 0 Å². The second-order valence-corrected chi connectivity index (χ2v) is 6.21. The van der Waals surface area contributed by atoms with Gasteiger partial charge in [0.25, 0.3) is 0 Å². The molecule has 2 saturated heterocycles. The zero-order valence-corrected chi connectivity index (χ0v) is 12.5. The monoisotopic (exact) mass is 274 g/mol. The average molecular weight is 274 g/mol. The fraction of sp³-hybridized carbons (Fsp3) is 0.688. The predicted molar refractivity (Wildman–Crippen MR) is 81.6 cm³/mol. The van der Waals surface area contributed by atoms with Gasteiger partial charge < -0.3 is 4.90 Å². The normalized spacial score (nSPS) is 26.1. The van der Waals surface area contributed by atoms with E-state index in [1.807, 2.05) is 18.5 Å². The lowest BCUT2D eigenvalue weighted by Crippen LogP contribution is -2.49. The Bertz CT molecular complexity index is 400. The van der Waals surface area contributed by atoms with E-state index in [2.05, 4.69) is 32.8 Å². The van der Waals surface area contributed by atoms with Crippen LogP contribution in [0.5, 0.6) is 0 Å². The Labute approximate surface area is 122 Å². The van der Waals surface area contributed by atoms with Gasteiger partial charge in [0, 0.05) is 57.7 Å². The second-order valence-electron chi connectivity index (χ2n) is 6.21. The predicted octanol–water partition coefficient (Wildman–Crippen LogP) is 1.29. The molecule has 2 fully saturated rings. The number of hydrogen-bond donors (Lipinski definition) is 0. The van der Waals surface area contributed by atoms with Crippen LogP contribution in [0.2, 0.25) is 0 Å². The van der Waals surface area contributed by atoms with Crippen molar-refractivity contribution in [3.05, 3.63) is 30.1 Å². The molecule has 0 N–H and O–H groups in total. The Balaban J connectivity index is 1.43. The molecule has 1 unspecified atom stereocenters. The van der Waals surface area contributed by atoms with Crippen molar-refractivity contribution in [2.75, 3.05) is 46.3 Å². The van der Waals surface area contributed by atoms with Crippen LogP contribution in [0.15, 0.2) is 24.5 Å². The van der Waals surface area contributed by atoms with E-state index in [1.165, 1.54) is 57.7 Å². The van der Waals surface area contributed by atoms with Crippen molar-refractivity contribution in [3.63, 3.8) is 0 Å². The molecule has 0 spiro atoms. The minimum atomic E-state index is 0.792. The zero-order valence-electron chi connectivity index (χ0n) is 12.5. The lowest BCUT2D eigenvalue weighted by Gasteiger charge is -2.37. The Morgan fingerprint density at radius 2 is 1.95 bits per heavy atom. The number of rotatable bonds is 4. The molecule has 1 aromatic heterocycles. The molecule has 4 nitrogen and oxygen atoms in total. The molecule has 0 radical (unpaired) electrons. The molecule has 1 atom stereocenters. The molecule has 0 amide bonds. The highest BCUT2D eigenvalue weighted by molar-refractivity contribution is 5.08. The van der Waals surface area contributed by atoms with Crippen LogP contribution in [0.4, 0.5) is 0 Å². The average Bonchev–Trinajstić information content (AvgIpc) is 2.88. The van der Waals surface area contributed by atoms with Gasteiger partial charge in [-0.15, -0.1) is 0 Å². The van der Waals surface area contributed by atoms with Gasteiger partial charge in [0.05, 0.1) is 0 Å². The first-order valence-corrected chi connectivity index (χ1v) is 7.85. The molecule has 0 bridgehead atoms. The topological polar surface area (TPSA) is 22.6 Å². The zero-order chi connectivity index (χ0) is 13.8. The van der Waals surface area contributed by atoms with E-state index in [1.54, 1.807) is 0 Å². The molecular formula is C16H26N4.